The van der Waals surface area contributed by atoms with E-state index in [-0.39, 0.29) is 18.0 Å². The van der Waals surface area contributed by atoms with E-state index < -0.39 is 18.0 Å². The molecule has 0 aliphatic rings. The highest BCUT2D eigenvalue weighted by Gasteiger charge is 2.18. The number of Topliss-reactive ketones (excluding diaryl/α,β-unsaturated/α-hetero) is 1. The maximum Gasteiger partial charge on any atom is 0.311 e. The minimum absolute atomic E-state index is 0.00226. The van der Waals surface area contributed by atoms with Gasteiger partial charge in [0.2, 0.25) is 0 Å². The van der Waals surface area contributed by atoms with E-state index >= 15 is 0 Å². The third-order valence-electron chi connectivity index (χ3n) is 3.50. The van der Waals surface area contributed by atoms with Crippen molar-refractivity contribution in [3.8, 4) is 5.75 Å². The predicted molar refractivity (Wildman–Crippen MR) is 92.4 cm³/mol. The van der Waals surface area contributed by atoms with E-state index in [2.05, 4.69) is 5.32 Å². The molecule has 2 N–H and O–H groups in total. The van der Waals surface area contributed by atoms with Gasteiger partial charge in [0.25, 0.3) is 5.91 Å². The van der Waals surface area contributed by atoms with E-state index in [0.29, 0.717) is 16.8 Å². The van der Waals surface area contributed by atoms with Crippen LogP contribution in [-0.2, 0) is 20.7 Å². The Hall–Kier alpha value is -3.15. The van der Waals surface area contributed by atoms with E-state index in [4.69, 9.17) is 4.74 Å². The van der Waals surface area contributed by atoms with Crippen molar-refractivity contribution in [3.05, 3.63) is 59.7 Å². The Bertz CT molecular complexity index is 783. The number of phenols is 1. The first-order valence-corrected chi connectivity index (χ1v) is 7.74. The molecule has 6 nitrogen and oxygen atoms in total. The van der Waals surface area contributed by atoms with Crippen LogP contribution in [0.1, 0.15) is 29.8 Å². The summed E-state index contributed by atoms with van der Waals surface area (Å²) in [6.45, 7) is 2.91. The Morgan fingerprint density at radius 2 is 1.80 bits per heavy atom. The molecule has 0 saturated carbocycles. The Labute approximate surface area is 145 Å². The number of benzene rings is 2. The number of aromatic hydroxyl groups is 1. The first-order valence-electron chi connectivity index (χ1n) is 7.74. The minimum Gasteiger partial charge on any atom is -0.508 e. The Kier molecular flexibility index (Phi) is 5.89. The van der Waals surface area contributed by atoms with E-state index in [9.17, 15) is 19.5 Å². The summed E-state index contributed by atoms with van der Waals surface area (Å²) in [5, 5.41) is 11.8. The van der Waals surface area contributed by atoms with Crippen molar-refractivity contribution < 1.29 is 24.2 Å². The van der Waals surface area contributed by atoms with Gasteiger partial charge >= 0.3 is 5.97 Å². The van der Waals surface area contributed by atoms with Crippen LogP contribution in [0, 0.1) is 0 Å². The molecule has 6 heteroatoms. The van der Waals surface area contributed by atoms with Crippen molar-refractivity contribution in [2.45, 2.75) is 26.4 Å². The molecule has 0 fully saturated rings. The zero-order valence-corrected chi connectivity index (χ0v) is 14.0. The molecule has 0 aromatic heterocycles. The zero-order valence-electron chi connectivity index (χ0n) is 14.0. The summed E-state index contributed by atoms with van der Waals surface area (Å²) in [6, 6.07) is 12.7. The lowest BCUT2D eigenvalue weighted by Crippen LogP contribution is -2.30. The summed E-state index contributed by atoms with van der Waals surface area (Å²) >= 11 is 0. The fourth-order valence-corrected chi connectivity index (χ4v) is 2.13. The molecule has 1 atom stereocenters. The number of carbonyl (C=O) groups is 3. The fourth-order valence-electron chi connectivity index (χ4n) is 2.13. The smallest absolute Gasteiger partial charge is 0.311 e. The van der Waals surface area contributed by atoms with Crippen molar-refractivity contribution in [2.75, 3.05) is 5.32 Å². The van der Waals surface area contributed by atoms with Gasteiger partial charge in [-0.25, -0.2) is 0 Å². The quantitative estimate of drug-likeness (QED) is 0.622. The molecule has 0 radical (unpaired) electrons. The highest BCUT2D eigenvalue weighted by Crippen LogP contribution is 2.13. The zero-order chi connectivity index (χ0) is 18.4. The van der Waals surface area contributed by atoms with Crippen LogP contribution in [0.15, 0.2) is 48.5 Å². The van der Waals surface area contributed by atoms with E-state index in [1.54, 1.807) is 36.4 Å². The molecular formula is C19H19NO5. The van der Waals surface area contributed by atoms with Crippen LogP contribution in [0.4, 0.5) is 5.69 Å². The first kappa shape index (κ1) is 18.2. The number of ketones is 1. The number of anilines is 1. The minimum atomic E-state index is -0.981. The number of amides is 1. The number of esters is 1. The lowest BCUT2D eigenvalue weighted by atomic mass is 10.1. The van der Waals surface area contributed by atoms with E-state index in [0.717, 1.165) is 0 Å². The van der Waals surface area contributed by atoms with Gasteiger partial charge < -0.3 is 15.2 Å². The molecule has 0 spiro atoms. The van der Waals surface area contributed by atoms with Gasteiger partial charge in [0.1, 0.15) is 5.75 Å². The van der Waals surface area contributed by atoms with Gasteiger partial charge in [0, 0.05) is 11.3 Å². The van der Waals surface area contributed by atoms with E-state index in [1.165, 1.54) is 26.0 Å². The largest absolute Gasteiger partial charge is 0.508 e. The molecule has 0 heterocycles. The van der Waals surface area contributed by atoms with Crippen molar-refractivity contribution in [2.24, 2.45) is 0 Å². The van der Waals surface area contributed by atoms with Crippen LogP contribution >= 0.6 is 0 Å². The second-order valence-corrected chi connectivity index (χ2v) is 5.60. The van der Waals surface area contributed by atoms with Crippen molar-refractivity contribution in [1.82, 2.24) is 0 Å². The van der Waals surface area contributed by atoms with Crippen LogP contribution in [0.2, 0.25) is 0 Å². The molecule has 0 aliphatic carbocycles. The van der Waals surface area contributed by atoms with Crippen LogP contribution in [0.5, 0.6) is 5.75 Å². The van der Waals surface area contributed by atoms with Crippen LogP contribution in [0.3, 0.4) is 0 Å². The van der Waals surface area contributed by atoms with Gasteiger partial charge in [-0.15, -0.1) is 0 Å². The Morgan fingerprint density at radius 3 is 2.44 bits per heavy atom. The number of hydrogen-bond acceptors (Lipinski definition) is 5. The SMILES string of the molecule is CC(=O)c1cccc(NC(=O)[C@H](C)OC(=O)Cc2ccc(O)cc2)c1. The molecular weight excluding hydrogens is 322 g/mol. The normalized spacial score (nSPS) is 11.4. The maximum absolute atomic E-state index is 12.1. The molecule has 25 heavy (non-hydrogen) atoms. The highest BCUT2D eigenvalue weighted by atomic mass is 16.5. The van der Waals surface area contributed by atoms with Gasteiger partial charge in [0.05, 0.1) is 6.42 Å². The highest BCUT2D eigenvalue weighted by molar-refractivity contribution is 5.98. The molecule has 130 valence electrons. The van der Waals surface area contributed by atoms with Gasteiger partial charge in [0.15, 0.2) is 11.9 Å². The number of nitrogens with one attached hydrogen (secondary N) is 1. The average molecular weight is 341 g/mol. The number of carbonyl (C=O) groups excluding carboxylic acids is 3. The summed E-state index contributed by atoms with van der Waals surface area (Å²) in [7, 11) is 0. The molecule has 0 aliphatic heterocycles. The number of rotatable bonds is 6. The Balaban J connectivity index is 1.91. The standard InChI is InChI=1S/C19H19NO5/c1-12(21)15-4-3-5-16(11-15)20-19(24)13(2)25-18(23)10-14-6-8-17(22)9-7-14/h3-9,11,13,22H,10H2,1-2H3,(H,20,24)/t13-/m0/s1. The molecule has 0 saturated heterocycles. The molecule has 0 unspecified atom stereocenters. The average Bonchev–Trinajstić information content (AvgIpc) is 2.57. The lowest BCUT2D eigenvalue weighted by molar-refractivity contribution is -0.152. The van der Waals surface area contributed by atoms with E-state index in [1.807, 2.05) is 0 Å². The molecule has 2 aromatic carbocycles. The van der Waals surface area contributed by atoms with Gasteiger partial charge in [-0.05, 0) is 43.7 Å². The van der Waals surface area contributed by atoms with Crippen LogP contribution in [0.25, 0.3) is 0 Å². The third-order valence-corrected chi connectivity index (χ3v) is 3.50. The summed E-state index contributed by atoms with van der Waals surface area (Å²) < 4.78 is 5.12. The topological polar surface area (TPSA) is 92.7 Å². The van der Waals surface area contributed by atoms with Crippen molar-refractivity contribution >= 4 is 23.3 Å². The molecule has 2 aromatic rings. The fraction of sp³-hybridized carbons (Fsp3) is 0.211. The predicted octanol–water partition coefficient (Wildman–Crippen LogP) is 2.71. The number of phenolic OH excluding ortho intramolecular Hbond substituents is 1. The third kappa shape index (κ3) is 5.46. The second-order valence-electron chi connectivity index (χ2n) is 5.60. The number of hydrogen-bond donors (Lipinski definition) is 2. The summed E-state index contributed by atoms with van der Waals surface area (Å²) in [6.07, 6.45) is -0.983. The molecule has 1 amide bonds. The monoisotopic (exact) mass is 341 g/mol. The lowest BCUT2D eigenvalue weighted by Gasteiger charge is -2.14. The van der Waals surface area contributed by atoms with Gasteiger partial charge in [-0.3, -0.25) is 14.4 Å². The first-order chi connectivity index (χ1) is 11.8. The summed E-state index contributed by atoms with van der Waals surface area (Å²) in [5.41, 5.74) is 1.61. The van der Waals surface area contributed by atoms with Gasteiger partial charge in [-0.1, -0.05) is 24.3 Å². The Morgan fingerprint density at radius 1 is 1.12 bits per heavy atom. The number of ether oxygens (including phenoxy) is 1. The van der Waals surface area contributed by atoms with Crippen molar-refractivity contribution in [3.63, 3.8) is 0 Å². The summed E-state index contributed by atoms with van der Waals surface area (Å²) in [4.78, 5) is 35.4. The maximum atomic E-state index is 12.1. The molecule has 0 bridgehead atoms. The van der Waals surface area contributed by atoms with Crippen LogP contribution < -0.4 is 5.32 Å². The second kappa shape index (κ2) is 8.10. The van der Waals surface area contributed by atoms with Crippen molar-refractivity contribution in [1.29, 1.82) is 0 Å². The van der Waals surface area contributed by atoms with Gasteiger partial charge in [-0.2, -0.15) is 0 Å². The molecule has 2 rings (SSSR count). The summed E-state index contributed by atoms with van der Waals surface area (Å²) in [5.74, 6) is -1.03. The van der Waals surface area contributed by atoms with Crippen LogP contribution in [-0.4, -0.2) is 28.9 Å².